The van der Waals surface area contributed by atoms with Gasteiger partial charge in [0, 0.05) is 33.2 Å². The first-order chi connectivity index (χ1) is 7.13. The molecule has 1 aliphatic heterocycles. The first kappa shape index (κ1) is 12.4. The van der Waals surface area contributed by atoms with Crippen LogP contribution < -0.4 is 10.6 Å². The molecule has 0 saturated carbocycles. The molecule has 0 bridgehead atoms. The lowest BCUT2D eigenvalue weighted by molar-refractivity contribution is -0.122. The van der Waals surface area contributed by atoms with E-state index in [-0.39, 0.29) is 18.1 Å². The average molecular weight is 215 g/mol. The fourth-order valence-electron chi connectivity index (χ4n) is 1.65. The van der Waals surface area contributed by atoms with Crippen molar-refractivity contribution in [3.63, 3.8) is 0 Å². The molecule has 1 saturated heterocycles. The monoisotopic (exact) mass is 215 g/mol. The first-order valence-corrected chi connectivity index (χ1v) is 5.31. The summed E-state index contributed by atoms with van der Waals surface area (Å²) in [5.41, 5.74) is 0. The van der Waals surface area contributed by atoms with Crippen molar-refractivity contribution in [2.75, 3.05) is 40.8 Å². The molecule has 0 aliphatic carbocycles. The fraction of sp³-hybridized carbons (Fsp3) is 0.900. The number of ether oxygens (including phenoxy) is 1. The minimum Gasteiger partial charge on any atom is -0.378 e. The van der Waals surface area contributed by atoms with Gasteiger partial charge in [0.05, 0.1) is 12.1 Å². The Bertz CT molecular complexity index is 209. The quantitative estimate of drug-likeness (QED) is 0.620. The van der Waals surface area contributed by atoms with Crippen molar-refractivity contribution in [1.82, 2.24) is 15.5 Å². The van der Waals surface area contributed by atoms with Gasteiger partial charge in [-0.2, -0.15) is 0 Å². The number of amides is 1. The summed E-state index contributed by atoms with van der Waals surface area (Å²) in [5.74, 6) is 0.0967. The van der Waals surface area contributed by atoms with Gasteiger partial charge in [0.25, 0.3) is 0 Å². The molecule has 0 aromatic carbocycles. The molecule has 1 rings (SSSR count). The van der Waals surface area contributed by atoms with E-state index in [0.29, 0.717) is 6.42 Å². The van der Waals surface area contributed by atoms with Crippen LogP contribution >= 0.6 is 0 Å². The van der Waals surface area contributed by atoms with Gasteiger partial charge in [-0.05, 0) is 14.1 Å². The smallest absolute Gasteiger partial charge is 0.221 e. The summed E-state index contributed by atoms with van der Waals surface area (Å²) in [5, 5.41) is 6.18. The summed E-state index contributed by atoms with van der Waals surface area (Å²) in [6.45, 7) is 2.39. The van der Waals surface area contributed by atoms with Crippen molar-refractivity contribution in [1.29, 1.82) is 0 Å². The maximum Gasteiger partial charge on any atom is 0.221 e. The highest BCUT2D eigenvalue weighted by atomic mass is 16.5. The Balaban J connectivity index is 2.24. The summed E-state index contributed by atoms with van der Waals surface area (Å²) >= 11 is 0. The van der Waals surface area contributed by atoms with Gasteiger partial charge in [-0.3, -0.25) is 4.79 Å². The lowest BCUT2D eigenvalue weighted by Crippen LogP contribution is -2.44. The first-order valence-electron chi connectivity index (χ1n) is 5.31. The molecule has 0 aromatic heterocycles. The van der Waals surface area contributed by atoms with Crippen LogP contribution in [0.15, 0.2) is 0 Å². The van der Waals surface area contributed by atoms with E-state index >= 15 is 0 Å². The second kappa shape index (κ2) is 6.05. The van der Waals surface area contributed by atoms with Gasteiger partial charge in [0.15, 0.2) is 0 Å². The van der Waals surface area contributed by atoms with Crippen molar-refractivity contribution in [3.8, 4) is 0 Å². The molecule has 1 heterocycles. The fourth-order valence-corrected chi connectivity index (χ4v) is 1.65. The van der Waals surface area contributed by atoms with Crippen LogP contribution in [0.2, 0.25) is 0 Å². The number of hydrogen-bond acceptors (Lipinski definition) is 4. The van der Waals surface area contributed by atoms with Crippen LogP contribution in [0.3, 0.4) is 0 Å². The van der Waals surface area contributed by atoms with Gasteiger partial charge in [0.1, 0.15) is 0 Å². The maximum absolute atomic E-state index is 11.5. The van der Waals surface area contributed by atoms with E-state index in [1.807, 2.05) is 19.0 Å². The van der Waals surface area contributed by atoms with Gasteiger partial charge in [-0.25, -0.2) is 0 Å². The van der Waals surface area contributed by atoms with Gasteiger partial charge in [0.2, 0.25) is 5.91 Å². The molecule has 0 radical (unpaired) electrons. The zero-order chi connectivity index (χ0) is 11.3. The van der Waals surface area contributed by atoms with Crippen LogP contribution in [0.4, 0.5) is 0 Å². The van der Waals surface area contributed by atoms with E-state index in [9.17, 15) is 4.79 Å². The van der Waals surface area contributed by atoms with Crippen molar-refractivity contribution in [2.24, 2.45) is 0 Å². The molecule has 0 spiro atoms. The number of hydrogen-bond donors (Lipinski definition) is 2. The van der Waals surface area contributed by atoms with E-state index < -0.39 is 0 Å². The molecule has 0 aromatic rings. The van der Waals surface area contributed by atoms with Gasteiger partial charge >= 0.3 is 0 Å². The minimum absolute atomic E-state index is 0.0967. The molecular formula is C10H21N3O2. The Labute approximate surface area is 91.2 Å². The second-order valence-electron chi connectivity index (χ2n) is 4.16. The van der Waals surface area contributed by atoms with Crippen LogP contribution in [0, 0.1) is 0 Å². The third-order valence-corrected chi connectivity index (χ3v) is 2.59. The Morgan fingerprint density at radius 2 is 2.27 bits per heavy atom. The molecule has 1 amide bonds. The van der Waals surface area contributed by atoms with Gasteiger partial charge in [-0.15, -0.1) is 0 Å². The molecule has 5 nitrogen and oxygen atoms in total. The van der Waals surface area contributed by atoms with Crippen molar-refractivity contribution < 1.29 is 9.53 Å². The lowest BCUT2D eigenvalue weighted by atomic mass is 10.2. The third-order valence-electron chi connectivity index (χ3n) is 2.59. The topological polar surface area (TPSA) is 53.6 Å². The number of carbonyl (C=O) groups is 1. The molecule has 2 atom stereocenters. The number of nitrogens with one attached hydrogen (secondary N) is 2. The van der Waals surface area contributed by atoms with Gasteiger partial charge in [-0.1, -0.05) is 0 Å². The SMILES string of the molecule is CO[C@H]1CNCC1NC(=O)CCN(C)C. The summed E-state index contributed by atoms with van der Waals surface area (Å²) in [4.78, 5) is 13.5. The van der Waals surface area contributed by atoms with Crippen molar-refractivity contribution in [2.45, 2.75) is 18.6 Å². The maximum atomic E-state index is 11.5. The minimum atomic E-state index is 0.0967. The molecule has 15 heavy (non-hydrogen) atoms. The Morgan fingerprint density at radius 1 is 1.53 bits per heavy atom. The van der Waals surface area contributed by atoms with Gasteiger partial charge < -0.3 is 20.3 Å². The van der Waals surface area contributed by atoms with Crippen molar-refractivity contribution in [3.05, 3.63) is 0 Å². The van der Waals surface area contributed by atoms with Crippen LogP contribution in [-0.4, -0.2) is 63.8 Å². The van der Waals surface area contributed by atoms with E-state index in [1.165, 1.54) is 0 Å². The molecule has 1 fully saturated rings. The third kappa shape index (κ3) is 4.15. The molecule has 5 heteroatoms. The van der Waals surface area contributed by atoms with Crippen molar-refractivity contribution >= 4 is 5.91 Å². The van der Waals surface area contributed by atoms with E-state index in [4.69, 9.17) is 4.74 Å². The number of methoxy groups -OCH3 is 1. The average Bonchev–Trinajstić information content (AvgIpc) is 2.62. The van der Waals surface area contributed by atoms with Crippen LogP contribution in [-0.2, 0) is 9.53 Å². The van der Waals surface area contributed by atoms with E-state index in [2.05, 4.69) is 10.6 Å². The Kier molecular flexibility index (Phi) is 5.01. The number of carbonyl (C=O) groups excluding carboxylic acids is 1. The largest absolute Gasteiger partial charge is 0.378 e. The predicted molar refractivity (Wildman–Crippen MR) is 58.8 cm³/mol. The Morgan fingerprint density at radius 3 is 2.87 bits per heavy atom. The van der Waals surface area contributed by atoms with Crippen LogP contribution in [0.25, 0.3) is 0 Å². The summed E-state index contributed by atoms with van der Waals surface area (Å²) in [6.07, 6.45) is 0.647. The normalized spacial score (nSPS) is 25.9. The van der Waals surface area contributed by atoms with E-state index in [0.717, 1.165) is 19.6 Å². The number of nitrogens with zero attached hydrogens (tertiary/aromatic N) is 1. The zero-order valence-electron chi connectivity index (χ0n) is 9.75. The highest BCUT2D eigenvalue weighted by Crippen LogP contribution is 2.03. The summed E-state index contributed by atoms with van der Waals surface area (Å²) in [7, 11) is 5.60. The molecular weight excluding hydrogens is 194 g/mol. The van der Waals surface area contributed by atoms with Crippen LogP contribution in [0.1, 0.15) is 6.42 Å². The predicted octanol–water partition coefficient (Wildman–Crippen LogP) is -0.959. The highest BCUT2D eigenvalue weighted by molar-refractivity contribution is 5.76. The van der Waals surface area contributed by atoms with Crippen LogP contribution in [0.5, 0.6) is 0 Å². The summed E-state index contributed by atoms with van der Waals surface area (Å²) < 4.78 is 5.26. The molecule has 88 valence electrons. The molecule has 1 unspecified atom stereocenters. The Hall–Kier alpha value is -0.650. The highest BCUT2D eigenvalue weighted by Gasteiger charge is 2.27. The van der Waals surface area contributed by atoms with E-state index in [1.54, 1.807) is 7.11 Å². The molecule has 1 aliphatic rings. The number of rotatable bonds is 5. The summed E-state index contributed by atoms with van der Waals surface area (Å²) in [6, 6.07) is 0.115. The lowest BCUT2D eigenvalue weighted by Gasteiger charge is -2.19. The zero-order valence-corrected chi connectivity index (χ0v) is 9.75. The standard InChI is InChI=1S/C10H21N3O2/c1-13(2)5-4-10(14)12-8-6-11-7-9(8)15-3/h8-9,11H,4-7H2,1-3H3,(H,12,14)/t8?,9-/m0/s1. The second-order valence-corrected chi connectivity index (χ2v) is 4.16. The molecule has 2 N–H and O–H groups in total.